The van der Waals surface area contributed by atoms with Crippen molar-refractivity contribution in [2.75, 3.05) is 7.05 Å². The molecule has 1 amide bonds. The summed E-state index contributed by atoms with van der Waals surface area (Å²) in [5.41, 5.74) is 2.23. The molecular formula is C14H13NO3. The summed E-state index contributed by atoms with van der Waals surface area (Å²) in [5.74, 6) is -0.624. The maximum atomic E-state index is 11.9. The SMILES string of the molecule is C=C1c2cc(C(C)=O)c(C(C)=O)cc2C(=O)N1C. The number of Topliss-reactive ketones (excluding diaryl/α,β-unsaturated/α-hetero) is 2. The van der Waals surface area contributed by atoms with Gasteiger partial charge < -0.3 is 4.90 Å². The Morgan fingerprint density at radius 3 is 1.94 bits per heavy atom. The van der Waals surface area contributed by atoms with E-state index >= 15 is 0 Å². The van der Waals surface area contributed by atoms with E-state index in [1.807, 2.05) is 0 Å². The van der Waals surface area contributed by atoms with Crippen LogP contribution in [0.3, 0.4) is 0 Å². The van der Waals surface area contributed by atoms with Crippen LogP contribution >= 0.6 is 0 Å². The maximum Gasteiger partial charge on any atom is 0.258 e. The predicted molar refractivity (Wildman–Crippen MR) is 67.6 cm³/mol. The van der Waals surface area contributed by atoms with Gasteiger partial charge in [0.1, 0.15) is 0 Å². The van der Waals surface area contributed by atoms with Crippen molar-refractivity contribution >= 4 is 23.2 Å². The molecule has 1 aliphatic rings. The van der Waals surface area contributed by atoms with Crippen LogP contribution in [0.5, 0.6) is 0 Å². The Labute approximate surface area is 105 Å². The quantitative estimate of drug-likeness (QED) is 0.748. The number of rotatable bonds is 2. The fourth-order valence-electron chi connectivity index (χ4n) is 2.08. The van der Waals surface area contributed by atoms with Gasteiger partial charge in [0, 0.05) is 35.0 Å². The summed E-state index contributed by atoms with van der Waals surface area (Å²) in [7, 11) is 1.62. The molecule has 0 aliphatic carbocycles. The van der Waals surface area contributed by atoms with Crippen molar-refractivity contribution in [1.82, 2.24) is 4.90 Å². The topological polar surface area (TPSA) is 54.5 Å². The summed E-state index contributed by atoms with van der Waals surface area (Å²) < 4.78 is 0. The third-order valence-corrected chi connectivity index (χ3v) is 3.17. The summed E-state index contributed by atoms with van der Waals surface area (Å²) in [6.07, 6.45) is 0. The zero-order valence-corrected chi connectivity index (χ0v) is 10.5. The molecule has 0 aromatic heterocycles. The summed E-state index contributed by atoms with van der Waals surface area (Å²) in [6, 6.07) is 3.07. The highest BCUT2D eigenvalue weighted by atomic mass is 16.2. The van der Waals surface area contributed by atoms with E-state index in [-0.39, 0.29) is 23.0 Å². The summed E-state index contributed by atoms with van der Waals surface area (Å²) >= 11 is 0. The minimum absolute atomic E-state index is 0.196. The fraction of sp³-hybridized carbons (Fsp3) is 0.214. The Balaban J connectivity index is 2.76. The number of amides is 1. The number of ketones is 2. The van der Waals surface area contributed by atoms with Crippen LogP contribution in [0.4, 0.5) is 0 Å². The molecule has 0 saturated carbocycles. The largest absolute Gasteiger partial charge is 0.311 e. The van der Waals surface area contributed by atoms with Gasteiger partial charge >= 0.3 is 0 Å². The van der Waals surface area contributed by atoms with Gasteiger partial charge in [-0.05, 0) is 26.0 Å². The van der Waals surface area contributed by atoms with Crippen LogP contribution in [-0.2, 0) is 0 Å². The summed E-state index contributed by atoms with van der Waals surface area (Å²) in [5, 5.41) is 0. The standard InChI is InChI=1S/C14H13NO3/c1-7-10-5-11(8(2)16)12(9(3)17)6-13(10)14(18)15(7)4/h5-6H,1H2,2-4H3. The molecule has 0 N–H and O–H groups in total. The molecule has 4 nitrogen and oxygen atoms in total. The van der Waals surface area contributed by atoms with Crippen LogP contribution in [-0.4, -0.2) is 29.4 Å². The lowest BCUT2D eigenvalue weighted by Crippen LogP contribution is -2.16. The van der Waals surface area contributed by atoms with Gasteiger partial charge in [0.25, 0.3) is 5.91 Å². The molecule has 18 heavy (non-hydrogen) atoms. The third-order valence-electron chi connectivity index (χ3n) is 3.17. The lowest BCUT2D eigenvalue weighted by Gasteiger charge is -2.08. The minimum atomic E-state index is -0.226. The highest BCUT2D eigenvalue weighted by molar-refractivity contribution is 6.14. The predicted octanol–water partition coefficient (Wildman–Crippen LogP) is 2.15. The number of hydrogen-bond donors (Lipinski definition) is 0. The molecule has 1 heterocycles. The van der Waals surface area contributed by atoms with Crippen LogP contribution in [0.2, 0.25) is 0 Å². The van der Waals surface area contributed by atoms with E-state index in [0.29, 0.717) is 22.4 Å². The van der Waals surface area contributed by atoms with Crippen LogP contribution in [0.25, 0.3) is 5.70 Å². The average molecular weight is 243 g/mol. The molecule has 0 saturated heterocycles. The monoisotopic (exact) mass is 243 g/mol. The molecule has 0 unspecified atom stereocenters. The van der Waals surface area contributed by atoms with Crippen LogP contribution in [0, 0.1) is 0 Å². The van der Waals surface area contributed by atoms with E-state index in [4.69, 9.17) is 0 Å². The van der Waals surface area contributed by atoms with Crippen LogP contribution in [0.1, 0.15) is 50.5 Å². The fourth-order valence-corrected chi connectivity index (χ4v) is 2.08. The lowest BCUT2D eigenvalue weighted by atomic mass is 9.95. The van der Waals surface area contributed by atoms with Crippen molar-refractivity contribution in [2.45, 2.75) is 13.8 Å². The van der Waals surface area contributed by atoms with Crippen molar-refractivity contribution in [3.63, 3.8) is 0 Å². The van der Waals surface area contributed by atoms with Crippen LogP contribution < -0.4 is 0 Å². The second kappa shape index (κ2) is 3.91. The molecule has 1 aromatic rings. The van der Waals surface area contributed by atoms with Crippen molar-refractivity contribution in [3.05, 3.63) is 41.0 Å². The first-order valence-corrected chi connectivity index (χ1v) is 5.52. The van der Waals surface area contributed by atoms with Gasteiger partial charge in [-0.3, -0.25) is 14.4 Å². The van der Waals surface area contributed by atoms with E-state index in [9.17, 15) is 14.4 Å². The second-order valence-electron chi connectivity index (χ2n) is 4.37. The van der Waals surface area contributed by atoms with Gasteiger partial charge in [-0.2, -0.15) is 0 Å². The van der Waals surface area contributed by atoms with E-state index in [2.05, 4.69) is 6.58 Å². The summed E-state index contributed by atoms with van der Waals surface area (Å²) in [6.45, 7) is 6.59. The van der Waals surface area contributed by atoms with E-state index in [1.54, 1.807) is 13.1 Å². The highest BCUT2D eigenvalue weighted by Crippen LogP contribution is 2.32. The van der Waals surface area contributed by atoms with E-state index in [0.717, 1.165) is 0 Å². The van der Waals surface area contributed by atoms with Gasteiger partial charge in [0.15, 0.2) is 11.6 Å². The van der Waals surface area contributed by atoms with Gasteiger partial charge in [-0.25, -0.2) is 0 Å². The second-order valence-corrected chi connectivity index (χ2v) is 4.37. The van der Waals surface area contributed by atoms with Crippen molar-refractivity contribution in [1.29, 1.82) is 0 Å². The molecule has 92 valence electrons. The Morgan fingerprint density at radius 1 is 1.06 bits per heavy atom. The maximum absolute atomic E-state index is 11.9. The molecule has 0 radical (unpaired) electrons. The minimum Gasteiger partial charge on any atom is -0.311 e. The van der Waals surface area contributed by atoms with Crippen molar-refractivity contribution in [2.24, 2.45) is 0 Å². The molecule has 2 rings (SSSR count). The number of benzene rings is 1. The van der Waals surface area contributed by atoms with E-state index < -0.39 is 0 Å². The number of fused-ring (bicyclic) bond motifs is 1. The normalized spacial score (nSPS) is 13.8. The Morgan fingerprint density at radius 2 is 1.50 bits per heavy atom. The zero-order valence-electron chi connectivity index (χ0n) is 10.5. The third kappa shape index (κ3) is 1.57. The molecule has 1 aromatic carbocycles. The number of carbonyl (C=O) groups excluding carboxylic acids is 3. The van der Waals surface area contributed by atoms with Gasteiger partial charge in [0.05, 0.1) is 0 Å². The molecule has 0 spiro atoms. The van der Waals surface area contributed by atoms with Crippen molar-refractivity contribution in [3.8, 4) is 0 Å². The molecular weight excluding hydrogens is 230 g/mol. The summed E-state index contributed by atoms with van der Waals surface area (Å²) in [4.78, 5) is 36.4. The smallest absolute Gasteiger partial charge is 0.258 e. The number of hydrogen-bond acceptors (Lipinski definition) is 3. The molecule has 0 bridgehead atoms. The first-order valence-electron chi connectivity index (χ1n) is 5.52. The van der Waals surface area contributed by atoms with Gasteiger partial charge in [-0.15, -0.1) is 0 Å². The highest BCUT2D eigenvalue weighted by Gasteiger charge is 2.30. The van der Waals surface area contributed by atoms with Gasteiger partial charge in [0.2, 0.25) is 0 Å². The number of nitrogens with zero attached hydrogens (tertiary/aromatic N) is 1. The molecule has 1 aliphatic heterocycles. The Kier molecular flexibility index (Phi) is 2.66. The van der Waals surface area contributed by atoms with Crippen molar-refractivity contribution < 1.29 is 14.4 Å². The molecule has 4 heteroatoms. The zero-order chi connectivity index (χ0) is 13.6. The Hall–Kier alpha value is -2.23. The van der Waals surface area contributed by atoms with E-state index in [1.165, 1.54) is 24.8 Å². The first kappa shape index (κ1) is 12.2. The Bertz CT molecular complexity index is 561. The van der Waals surface area contributed by atoms with Gasteiger partial charge in [-0.1, -0.05) is 6.58 Å². The first-order chi connectivity index (χ1) is 8.34. The molecule has 0 fully saturated rings. The average Bonchev–Trinajstić information content (AvgIpc) is 2.53. The lowest BCUT2D eigenvalue weighted by molar-refractivity contribution is 0.0874. The number of carbonyl (C=O) groups is 3. The van der Waals surface area contributed by atoms with Crippen LogP contribution in [0.15, 0.2) is 18.7 Å². The molecule has 0 atom stereocenters.